The van der Waals surface area contributed by atoms with Crippen LogP contribution < -0.4 is 0 Å². The van der Waals surface area contributed by atoms with Crippen LogP contribution >= 0.6 is 0 Å². The molecular formula is C13H14O3. The third-order valence-corrected chi connectivity index (χ3v) is 1.88. The Morgan fingerprint density at radius 1 is 1.50 bits per heavy atom. The fraction of sp³-hybridized carbons (Fsp3) is 0.308. The Balaban J connectivity index is 2.59. The summed E-state index contributed by atoms with van der Waals surface area (Å²) in [6.07, 6.45) is 0.0944. The fourth-order valence-electron chi connectivity index (χ4n) is 1.18. The van der Waals surface area contributed by atoms with E-state index in [1.807, 2.05) is 18.2 Å². The summed E-state index contributed by atoms with van der Waals surface area (Å²) < 4.78 is 4.74. The fourth-order valence-corrected chi connectivity index (χ4v) is 1.18. The van der Waals surface area contributed by atoms with E-state index in [4.69, 9.17) is 9.84 Å². The maximum absolute atomic E-state index is 11.0. The highest BCUT2D eigenvalue weighted by atomic mass is 16.5. The zero-order chi connectivity index (χ0) is 11.8. The van der Waals surface area contributed by atoms with Gasteiger partial charge in [0, 0.05) is 5.56 Å². The second kappa shape index (κ2) is 6.65. The van der Waals surface area contributed by atoms with Crippen LogP contribution in [0.4, 0.5) is 0 Å². The van der Waals surface area contributed by atoms with Gasteiger partial charge in [-0.2, -0.15) is 0 Å². The zero-order valence-corrected chi connectivity index (χ0v) is 9.19. The molecular weight excluding hydrogens is 204 g/mol. The smallest absolute Gasteiger partial charge is 0.317 e. The monoisotopic (exact) mass is 218 g/mol. The van der Waals surface area contributed by atoms with Gasteiger partial charge in [-0.1, -0.05) is 24.0 Å². The molecule has 3 heteroatoms. The molecule has 1 rings (SSSR count). The quantitative estimate of drug-likeness (QED) is 0.617. The number of esters is 1. The molecule has 84 valence electrons. The summed E-state index contributed by atoms with van der Waals surface area (Å²) in [5.41, 5.74) is 1.60. The van der Waals surface area contributed by atoms with Crippen LogP contribution in [0.1, 0.15) is 24.5 Å². The van der Waals surface area contributed by atoms with Crippen molar-refractivity contribution in [3.63, 3.8) is 0 Å². The number of hydrogen-bond donors (Lipinski definition) is 1. The Hall–Kier alpha value is -1.79. The summed E-state index contributed by atoms with van der Waals surface area (Å²) in [6.45, 7) is 2.13. The third-order valence-electron chi connectivity index (χ3n) is 1.88. The second-order valence-electron chi connectivity index (χ2n) is 3.14. The van der Waals surface area contributed by atoms with E-state index in [2.05, 4.69) is 11.8 Å². The maximum atomic E-state index is 11.0. The number of hydrogen-bond acceptors (Lipinski definition) is 3. The van der Waals surface area contributed by atoms with Crippen molar-refractivity contribution in [1.29, 1.82) is 0 Å². The average Bonchev–Trinajstić information content (AvgIpc) is 2.30. The van der Waals surface area contributed by atoms with Crippen LogP contribution in [0.5, 0.6) is 0 Å². The molecule has 1 aromatic rings. The largest absolute Gasteiger partial charge is 0.465 e. The Kier molecular flexibility index (Phi) is 5.10. The van der Waals surface area contributed by atoms with Crippen LogP contribution in [0.25, 0.3) is 0 Å². The highest BCUT2D eigenvalue weighted by Crippen LogP contribution is 2.03. The van der Waals surface area contributed by atoms with Crippen molar-refractivity contribution in [3.05, 3.63) is 35.4 Å². The minimum absolute atomic E-state index is 0.00655. The Morgan fingerprint density at radius 3 is 3.00 bits per heavy atom. The highest BCUT2D eigenvalue weighted by Gasteiger charge is 1.96. The zero-order valence-electron chi connectivity index (χ0n) is 9.19. The number of carbonyl (C=O) groups excluding carboxylic acids is 1. The van der Waals surface area contributed by atoms with Crippen molar-refractivity contribution in [2.75, 3.05) is 6.61 Å². The van der Waals surface area contributed by atoms with E-state index in [-0.39, 0.29) is 19.0 Å². The minimum atomic E-state index is -0.312. The molecule has 0 atom stereocenters. The molecule has 0 amide bonds. The normalized spacial score (nSPS) is 9.12. The lowest BCUT2D eigenvalue weighted by Gasteiger charge is -1.96. The molecule has 0 aromatic heterocycles. The molecule has 0 fully saturated rings. The minimum Gasteiger partial charge on any atom is -0.465 e. The lowest BCUT2D eigenvalue weighted by molar-refractivity contribution is -0.141. The predicted octanol–water partition coefficient (Wildman–Crippen LogP) is 1.48. The first kappa shape index (κ1) is 12.3. The first-order valence-electron chi connectivity index (χ1n) is 5.10. The van der Waals surface area contributed by atoms with Gasteiger partial charge in [-0.15, -0.1) is 0 Å². The van der Waals surface area contributed by atoms with Gasteiger partial charge in [0.2, 0.25) is 0 Å². The molecule has 0 heterocycles. The molecule has 0 aliphatic carbocycles. The molecule has 0 saturated carbocycles. The summed E-state index contributed by atoms with van der Waals surface area (Å²) in [5.74, 6) is 5.27. The highest BCUT2D eigenvalue weighted by molar-refractivity contribution is 5.72. The van der Waals surface area contributed by atoms with Crippen molar-refractivity contribution in [3.8, 4) is 11.8 Å². The number of ether oxygens (including phenoxy) is 1. The number of rotatable bonds is 3. The number of carbonyl (C=O) groups is 1. The van der Waals surface area contributed by atoms with Crippen molar-refractivity contribution in [1.82, 2.24) is 0 Å². The summed E-state index contributed by atoms with van der Waals surface area (Å²) >= 11 is 0. The molecule has 0 bridgehead atoms. The summed E-state index contributed by atoms with van der Waals surface area (Å²) in [7, 11) is 0. The van der Waals surface area contributed by atoms with E-state index in [9.17, 15) is 4.79 Å². The molecule has 0 saturated heterocycles. The van der Waals surface area contributed by atoms with E-state index in [1.165, 1.54) is 0 Å². The summed E-state index contributed by atoms with van der Waals surface area (Å²) in [5, 5.41) is 8.92. The second-order valence-corrected chi connectivity index (χ2v) is 3.14. The Bertz CT molecular complexity index is 413. The number of aliphatic hydroxyl groups is 1. The summed E-state index contributed by atoms with van der Waals surface area (Å²) in [4.78, 5) is 11.0. The first-order valence-corrected chi connectivity index (χ1v) is 5.10. The van der Waals surface area contributed by atoms with E-state index < -0.39 is 0 Å². The predicted molar refractivity (Wildman–Crippen MR) is 60.5 cm³/mol. The van der Waals surface area contributed by atoms with Crippen molar-refractivity contribution >= 4 is 5.97 Å². The van der Waals surface area contributed by atoms with Gasteiger partial charge in [0.1, 0.15) is 6.42 Å². The molecule has 0 unspecified atom stereocenters. The van der Waals surface area contributed by atoms with Crippen molar-refractivity contribution < 1.29 is 14.6 Å². The van der Waals surface area contributed by atoms with Crippen LogP contribution in [-0.2, 0) is 16.1 Å². The molecule has 0 aliphatic heterocycles. The van der Waals surface area contributed by atoms with E-state index in [0.29, 0.717) is 6.61 Å². The molecule has 0 aliphatic rings. The molecule has 16 heavy (non-hydrogen) atoms. The summed E-state index contributed by atoms with van der Waals surface area (Å²) in [6, 6.07) is 7.26. The van der Waals surface area contributed by atoms with Gasteiger partial charge >= 0.3 is 5.97 Å². The molecule has 0 spiro atoms. The van der Waals surface area contributed by atoms with Gasteiger partial charge in [-0.25, -0.2) is 0 Å². The van der Waals surface area contributed by atoms with Gasteiger partial charge in [0.05, 0.1) is 13.2 Å². The average molecular weight is 218 g/mol. The van der Waals surface area contributed by atoms with Crippen molar-refractivity contribution in [2.24, 2.45) is 0 Å². The van der Waals surface area contributed by atoms with E-state index in [0.717, 1.165) is 11.1 Å². The lowest BCUT2D eigenvalue weighted by atomic mass is 10.1. The van der Waals surface area contributed by atoms with E-state index >= 15 is 0 Å². The Labute approximate surface area is 95.1 Å². The van der Waals surface area contributed by atoms with Gasteiger partial charge in [0.25, 0.3) is 0 Å². The van der Waals surface area contributed by atoms with Crippen LogP contribution in [0.15, 0.2) is 24.3 Å². The van der Waals surface area contributed by atoms with E-state index in [1.54, 1.807) is 13.0 Å². The topological polar surface area (TPSA) is 46.5 Å². The van der Waals surface area contributed by atoms with Crippen LogP contribution in [0, 0.1) is 11.8 Å². The van der Waals surface area contributed by atoms with Gasteiger partial charge in [-0.05, 0) is 24.6 Å². The number of aliphatic hydroxyl groups excluding tert-OH is 1. The van der Waals surface area contributed by atoms with Crippen LogP contribution in [0.3, 0.4) is 0 Å². The first-order chi connectivity index (χ1) is 7.76. The van der Waals surface area contributed by atoms with Gasteiger partial charge in [0.15, 0.2) is 0 Å². The Morgan fingerprint density at radius 2 is 2.31 bits per heavy atom. The van der Waals surface area contributed by atoms with Gasteiger partial charge < -0.3 is 9.84 Å². The molecule has 0 radical (unpaired) electrons. The molecule has 1 N–H and O–H groups in total. The van der Waals surface area contributed by atoms with Crippen LogP contribution in [-0.4, -0.2) is 17.7 Å². The lowest BCUT2D eigenvalue weighted by Crippen LogP contribution is -2.01. The standard InChI is InChI=1S/C13H14O3/c1-2-16-13(15)8-4-6-11-5-3-7-12(9-11)10-14/h3,5,7,9,14H,2,8,10H2,1H3. The molecule has 1 aromatic carbocycles. The third kappa shape index (κ3) is 4.16. The molecule has 3 nitrogen and oxygen atoms in total. The maximum Gasteiger partial charge on any atom is 0.317 e. The van der Waals surface area contributed by atoms with Crippen molar-refractivity contribution in [2.45, 2.75) is 20.0 Å². The SMILES string of the molecule is CCOC(=O)CC#Cc1cccc(CO)c1. The number of benzene rings is 1. The van der Waals surface area contributed by atoms with Gasteiger partial charge in [-0.3, -0.25) is 4.79 Å². The van der Waals surface area contributed by atoms with Crippen LogP contribution in [0.2, 0.25) is 0 Å².